The van der Waals surface area contributed by atoms with Gasteiger partial charge in [-0.1, -0.05) is 77.5 Å². The smallest absolute Gasteiger partial charge is 0.00602 e. The molecule has 1 heteroatoms. The van der Waals surface area contributed by atoms with Gasteiger partial charge in [0.05, 0.1) is 0 Å². The van der Waals surface area contributed by atoms with Crippen molar-refractivity contribution >= 4 is 15.9 Å². The highest BCUT2D eigenvalue weighted by Crippen LogP contribution is 2.20. The molecule has 0 saturated carbocycles. The third-order valence-corrected chi connectivity index (χ3v) is 4.01. The molecule has 2 aromatic carbocycles. The second-order valence-corrected chi connectivity index (χ2v) is 5.17. The Morgan fingerprint density at radius 2 is 1.47 bits per heavy atom. The zero-order valence-corrected chi connectivity index (χ0v) is 11.7. The van der Waals surface area contributed by atoms with Gasteiger partial charge < -0.3 is 0 Å². The van der Waals surface area contributed by atoms with Crippen LogP contribution in [0.15, 0.2) is 54.6 Å². The van der Waals surface area contributed by atoms with Crippen LogP contribution in [0.25, 0.3) is 11.1 Å². The van der Waals surface area contributed by atoms with Gasteiger partial charge in [-0.05, 0) is 29.0 Å². The lowest BCUT2D eigenvalue weighted by molar-refractivity contribution is 0.663. The van der Waals surface area contributed by atoms with Gasteiger partial charge in [0.1, 0.15) is 0 Å². The molecule has 0 spiro atoms. The lowest BCUT2D eigenvalue weighted by Crippen LogP contribution is -2.00. The van der Waals surface area contributed by atoms with Gasteiger partial charge in [-0.15, -0.1) is 0 Å². The highest BCUT2D eigenvalue weighted by molar-refractivity contribution is 9.09. The molecule has 0 aliphatic rings. The van der Waals surface area contributed by atoms with Crippen LogP contribution in [-0.2, 0) is 6.42 Å². The van der Waals surface area contributed by atoms with Crippen molar-refractivity contribution in [1.82, 2.24) is 0 Å². The molecule has 0 N–H and O–H groups in total. The lowest BCUT2D eigenvalue weighted by Gasteiger charge is -2.08. The van der Waals surface area contributed by atoms with Gasteiger partial charge in [0, 0.05) is 5.33 Å². The van der Waals surface area contributed by atoms with Gasteiger partial charge in [0.15, 0.2) is 0 Å². The summed E-state index contributed by atoms with van der Waals surface area (Å²) in [5.41, 5.74) is 3.99. The Labute approximate surface area is 112 Å². The second-order valence-electron chi connectivity index (χ2n) is 4.53. The van der Waals surface area contributed by atoms with Crippen molar-refractivity contribution in [2.45, 2.75) is 13.3 Å². The van der Waals surface area contributed by atoms with Gasteiger partial charge in [-0.2, -0.15) is 0 Å². The first-order valence-electron chi connectivity index (χ1n) is 6.00. The van der Waals surface area contributed by atoms with Crippen LogP contribution in [0.3, 0.4) is 0 Å². The summed E-state index contributed by atoms with van der Waals surface area (Å²) in [4.78, 5) is 0. The fourth-order valence-electron chi connectivity index (χ4n) is 1.92. The minimum atomic E-state index is 0.692. The standard InChI is InChI=1S/C16H17Br/c1-13(12-17)11-14-7-9-16(10-8-14)15-5-3-2-4-6-15/h2-10,13H,11-12H2,1H3. The Bertz CT molecular complexity index is 445. The molecule has 2 aromatic rings. The SMILES string of the molecule is CC(CBr)Cc1ccc(-c2ccccc2)cc1. The molecule has 0 aliphatic heterocycles. The number of rotatable bonds is 4. The summed E-state index contributed by atoms with van der Waals surface area (Å²) >= 11 is 3.52. The second kappa shape index (κ2) is 6.02. The van der Waals surface area contributed by atoms with E-state index in [-0.39, 0.29) is 0 Å². The van der Waals surface area contributed by atoms with E-state index >= 15 is 0 Å². The summed E-state index contributed by atoms with van der Waals surface area (Å²) in [6, 6.07) is 19.4. The van der Waals surface area contributed by atoms with E-state index in [9.17, 15) is 0 Å². The van der Waals surface area contributed by atoms with Crippen LogP contribution >= 0.6 is 15.9 Å². The van der Waals surface area contributed by atoms with Crippen molar-refractivity contribution in [3.63, 3.8) is 0 Å². The Hall–Kier alpha value is -1.08. The van der Waals surface area contributed by atoms with E-state index in [2.05, 4.69) is 77.5 Å². The zero-order valence-electron chi connectivity index (χ0n) is 10.1. The maximum atomic E-state index is 3.52. The van der Waals surface area contributed by atoms with Crippen molar-refractivity contribution in [1.29, 1.82) is 0 Å². The monoisotopic (exact) mass is 288 g/mol. The number of benzene rings is 2. The molecule has 0 aromatic heterocycles. The number of halogens is 1. The molecule has 2 rings (SSSR count). The summed E-state index contributed by atoms with van der Waals surface area (Å²) in [6.45, 7) is 2.26. The zero-order chi connectivity index (χ0) is 12.1. The van der Waals surface area contributed by atoms with Gasteiger partial charge in [-0.25, -0.2) is 0 Å². The summed E-state index contributed by atoms with van der Waals surface area (Å²) in [5.74, 6) is 0.692. The molecular weight excluding hydrogens is 272 g/mol. The molecule has 0 aliphatic carbocycles. The largest absolute Gasteiger partial charge is 0.0925 e. The van der Waals surface area contributed by atoms with Crippen LogP contribution in [0, 0.1) is 5.92 Å². The fourth-order valence-corrected chi connectivity index (χ4v) is 2.15. The first-order valence-corrected chi connectivity index (χ1v) is 7.12. The van der Waals surface area contributed by atoms with E-state index in [4.69, 9.17) is 0 Å². The van der Waals surface area contributed by atoms with E-state index in [1.54, 1.807) is 0 Å². The van der Waals surface area contributed by atoms with E-state index in [1.165, 1.54) is 16.7 Å². The predicted molar refractivity (Wildman–Crippen MR) is 78.5 cm³/mol. The van der Waals surface area contributed by atoms with Crippen LogP contribution in [-0.4, -0.2) is 5.33 Å². The normalized spacial score (nSPS) is 12.4. The van der Waals surface area contributed by atoms with Crippen molar-refractivity contribution in [2.75, 3.05) is 5.33 Å². The molecule has 0 amide bonds. The average molecular weight is 289 g/mol. The fraction of sp³-hybridized carbons (Fsp3) is 0.250. The molecular formula is C16H17Br. The quantitative estimate of drug-likeness (QED) is 0.700. The van der Waals surface area contributed by atoms with Gasteiger partial charge in [-0.3, -0.25) is 0 Å². The maximum Gasteiger partial charge on any atom is 0.00602 e. The van der Waals surface area contributed by atoms with Gasteiger partial charge in [0.2, 0.25) is 0 Å². The van der Waals surface area contributed by atoms with Crippen LogP contribution in [0.5, 0.6) is 0 Å². The molecule has 0 fully saturated rings. The molecule has 0 heterocycles. The third kappa shape index (κ3) is 3.44. The Morgan fingerprint density at radius 1 is 0.882 bits per heavy atom. The van der Waals surface area contributed by atoms with Crippen molar-refractivity contribution in [3.8, 4) is 11.1 Å². The van der Waals surface area contributed by atoms with E-state index in [0.717, 1.165) is 11.8 Å². The number of alkyl halides is 1. The Balaban J connectivity index is 2.13. The third-order valence-electron chi connectivity index (χ3n) is 2.91. The van der Waals surface area contributed by atoms with Crippen molar-refractivity contribution in [3.05, 3.63) is 60.2 Å². The van der Waals surface area contributed by atoms with Crippen molar-refractivity contribution < 1.29 is 0 Å². The summed E-state index contributed by atoms with van der Waals surface area (Å²) in [7, 11) is 0. The Kier molecular flexibility index (Phi) is 4.38. The molecule has 0 nitrogen and oxygen atoms in total. The minimum Gasteiger partial charge on any atom is -0.0925 e. The Morgan fingerprint density at radius 3 is 2.06 bits per heavy atom. The van der Waals surface area contributed by atoms with Gasteiger partial charge in [0.25, 0.3) is 0 Å². The van der Waals surface area contributed by atoms with Gasteiger partial charge >= 0.3 is 0 Å². The molecule has 0 saturated heterocycles. The molecule has 0 bridgehead atoms. The van der Waals surface area contributed by atoms with E-state index in [1.807, 2.05) is 0 Å². The van der Waals surface area contributed by atoms with Crippen molar-refractivity contribution in [2.24, 2.45) is 5.92 Å². The van der Waals surface area contributed by atoms with E-state index < -0.39 is 0 Å². The molecule has 1 atom stereocenters. The van der Waals surface area contributed by atoms with Crippen LogP contribution in [0.4, 0.5) is 0 Å². The van der Waals surface area contributed by atoms with E-state index in [0.29, 0.717) is 5.92 Å². The molecule has 1 unspecified atom stereocenters. The minimum absolute atomic E-state index is 0.692. The summed E-state index contributed by atoms with van der Waals surface area (Å²) in [5, 5.41) is 1.06. The molecule has 88 valence electrons. The average Bonchev–Trinajstić information content (AvgIpc) is 2.40. The van der Waals surface area contributed by atoms with Crippen LogP contribution in [0.1, 0.15) is 12.5 Å². The lowest BCUT2D eigenvalue weighted by atomic mass is 9.99. The highest BCUT2D eigenvalue weighted by Gasteiger charge is 2.02. The number of hydrogen-bond donors (Lipinski definition) is 0. The predicted octanol–water partition coefficient (Wildman–Crippen LogP) is 4.93. The topological polar surface area (TPSA) is 0 Å². The molecule has 17 heavy (non-hydrogen) atoms. The maximum absolute atomic E-state index is 3.52. The highest BCUT2D eigenvalue weighted by atomic mass is 79.9. The first kappa shape index (κ1) is 12.4. The van der Waals surface area contributed by atoms with Crippen LogP contribution < -0.4 is 0 Å². The summed E-state index contributed by atoms with van der Waals surface area (Å²) < 4.78 is 0. The van der Waals surface area contributed by atoms with Crippen LogP contribution in [0.2, 0.25) is 0 Å². The first-order chi connectivity index (χ1) is 8.29. The molecule has 0 radical (unpaired) electrons. The number of hydrogen-bond acceptors (Lipinski definition) is 0. The summed E-state index contributed by atoms with van der Waals surface area (Å²) in [6.07, 6.45) is 1.14.